The number of nitrogens with one attached hydrogen (secondary N) is 1. The van der Waals surface area contributed by atoms with Crippen LogP contribution in [0.5, 0.6) is 11.5 Å². The van der Waals surface area contributed by atoms with Crippen LogP contribution in [0.2, 0.25) is 0 Å². The summed E-state index contributed by atoms with van der Waals surface area (Å²) in [5.74, 6) is -1.06. The molecule has 0 heterocycles. The molecule has 0 atom stereocenters. The highest BCUT2D eigenvalue weighted by Gasteiger charge is 2.24. The summed E-state index contributed by atoms with van der Waals surface area (Å²) in [6.07, 6.45) is 0.506. The van der Waals surface area contributed by atoms with Gasteiger partial charge in [0.25, 0.3) is 0 Å². The minimum atomic E-state index is -4.13. The van der Waals surface area contributed by atoms with E-state index in [2.05, 4.69) is 4.72 Å². The highest BCUT2D eigenvalue weighted by atomic mass is 32.2. The van der Waals surface area contributed by atoms with Gasteiger partial charge >= 0.3 is 5.97 Å². The van der Waals surface area contributed by atoms with Crippen molar-refractivity contribution in [1.29, 1.82) is 0 Å². The first-order valence-corrected chi connectivity index (χ1v) is 16.2. The molecule has 1 amide bonds. The standard InChI is InChI=1S/C37H34N2O7S/c1-45-31-16-13-27(14-17-31)25-39(30-15-20-35(40)34(23-30)37(42)46-2)36(41)24-38-47(43,44)32-18-19-33(28-11-7-4-8-12-28)29(22-32)21-26-9-5-3-6-10-26/h3-20,22-23,38,40H,21,24-25H2,1-2H3. The lowest BCUT2D eigenvalue weighted by atomic mass is 9.95. The number of nitrogens with zero attached hydrogens (tertiary/aromatic N) is 1. The first kappa shape index (κ1) is 32.9. The Kier molecular flexibility index (Phi) is 10.3. The number of benzene rings is 5. The van der Waals surface area contributed by atoms with Crippen LogP contribution in [0.15, 0.2) is 126 Å². The van der Waals surface area contributed by atoms with Gasteiger partial charge in [0.05, 0.1) is 32.2 Å². The fourth-order valence-corrected chi connectivity index (χ4v) is 6.16. The summed E-state index contributed by atoms with van der Waals surface area (Å²) in [6.45, 7) is -0.523. The number of aromatic hydroxyl groups is 1. The minimum Gasteiger partial charge on any atom is -0.507 e. The van der Waals surface area contributed by atoms with Crippen molar-refractivity contribution in [3.63, 3.8) is 0 Å². The van der Waals surface area contributed by atoms with Crippen molar-refractivity contribution in [2.24, 2.45) is 0 Å². The lowest BCUT2D eigenvalue weighted by Gasteiger charge is -2.24. The summed E-state index contributed by atoms with van der Waals surface area (Å²) >= 11 is 0. The Bertz CT molecular complexity index is 1960. The number of sulfonamides is 1. The number of ether oxygens (including phenoxy) is 2. The van der Waals surface area contributed by atoms with E-state index in [0.29, 0.717) is 12.2 Å². The summed E-state index contributed by atoms with van der Waals surface area (Å²) in [4.78, 5) is 27.4. The largest absolute Gasteiger partial charge is 0.507 e. The van der Waals surface area contributed by atoms with Crippen LogP contribution in [0, 0.1) is 0 Å². The molecule has 47 heavy (non-hydrogen) atoms. The van der Waals surface area contributed by atoms with Gasteiger partial charge in [-0.1, -0.05) is 78.9 Å². The van der Waals surface area contributed by atoms with Crippen molar-refractivity contribution in [3.8, 4) is 22.6 Å². The maximum atomic E-state index is 13.7. The monoisotopic (exact) mass is 650 g/mol. The van der Waals surface area contributed by atoms with Crippen molar-refractivity contribution in [2.45, 2.75) is 17.9 Å². The summed E-state index contributed by atoms with van der Waals surface area (Å²) in [7, 11) is -1.40. The minimum absolute atomic E-state index is 0.0234. The van der Waals surface area contributed by atoms with Crippen molar-refractivity contribution < 1.29 is 32.6 Å². The number of methoxy groups -OCH3 is 2. The highest BCUT2D eigenvalue weighted by molar-refractivity contribution is 7.89. The van der Waals surface area contributed by atoms with E-state index in [0.717, 1.165) is 27.8 Å². The molecule has 5 rings (SSSR count). The summed E-state index contributed by atoms with van der Waals surface area (Å²) in [5, 5.41) is 10.2. The molecule has 0 saturated carbocycles. The summed E-state index contributed by atoms with van der Waals surface area (Å²) in [6, 6.07) is 35.5. The number of hydrogen-bond donors (Lipinski definition) is 2. The van der Waals surface area contributed by atoms with Crippen LogP contribution in [0.3, 0.4) is 0 Å². The molecule has 0 saturated heterocycles. The lowest BCUT2D eigenvalue weighted by Crippen LogP contribution is -2.40. The molecule has 0 radical (unpaired) electrons. The van der Waals surface area contributed by atoms with Gasteiger partial charge in [-0.15, -0.1) is 0 Å². The third-order valence-electron chi connectivity index (χ3n) is 7.62. The molecule has 0 bridgehead atoms. The zero-order chi connectivity index (χ0) is 33.4. The van der Waals surface area contributed by atoms with Gasteiger partial charge in [0.2, 0.25) is 15.9 Å². The molecule has 0 aliphatic heterocycles. The first-order valence-electron chi connectivity index (χ1n) is 14.7. The second-order valence-electron chi connectivity index (χ2n) is 10.7. The Balaban J connectivity index is 1.43. The first-order chi connectivity index (χ1) is 22.7. The van der Waals surface area contributed by atoms with Crippen molar-refractivity contribution in [1.82, 2.24) is 4.72 Å². The molecule has 0 fully saturated rings. The lowest BCUT2D eigenvalue weighted by molar-refractivity contribution is -0.117. The molecule has 5 aromatic carbocycles. The molecule has 10 heteroatoms. The van der Waals surface area contributed by atoms with Crippen molar-refractivity contribution in [3.05, 3.63) is 144 Å². The quantitative estimate of drug-likeness (QED) is 0.160. The normalized spacial score (nSPS) is 11.1. The molecule has 0 aliphatic carbocycles. The van der Waals surface area contributed by atoms with Gasteiger partial charge in [-0.05, 0) is 76.7 Å². The van der Waals surface area contributed by atoms with Crippen LogP contribution < -0.4 is 14.4 Å². The summed E-state index contributed by atoms with van der Waals surface area (Å²) in [5.41, 5.74) is 4.55. The molecule has 2 N–H and O–H groups in total. The molecule has 0 aliphatic rings. The van der Waals surface area contributed by atoms with E-state index in [-0.39, 0.29) is 28.4 Å². The van der Waals surface area contributed by atoms with Gasteiger partial charge in [0.15, 0.2) is 0 Å². The topological polar surface area (TPSA) is 122 Å². The number of anilines is 1. The zero-order valence-corrected chi connectivity index (χ0v) is 26.7. The predicted molar refractivity (Wildman–Crippen MR) is 180 cm³/mol. The number of carbonyl (C=O) groups is 2. The van der Waals surface area contributed by atoms with Gasteiger partial charge in [-0.2, -0.15) is 0 Å². The highest BCUT2D eigenvalue weighted by Crippen LogP contribution is 2.29. The van der Waals surface area contributed by atoms with Gasteiger partial charge in [0, 0.05) is 5.69 Å². The van der Waals surface area contributed by atoms with E-state index in [4.69, 9.17) is 9.47 Å². The Morgan fingerprint density at radius 2 is 1.47 bits per heavy atom. The fourth-order valence-electron chi connectivity index (χ4n) is 5.14. The van der Waals surface area contributed by atoms with E-state index >= 15 is 0 Å². The second kappa shape index (κ2) is 14.8. The van der Waals surface area contributed by atoms with Crippen molar-refractivity contribution >= 4 is 27.6 Å². The Hall–Kier alpha value is -5.45. The predicted octanol–water partition coefficient (Wildman–Crippen LogP) is 5.96. The number of esters is 1. The summed E-state index contributed by atoms with van der Waals surface area (Å²) < 4.78 is 39.7. The second-order valence-corrected chi connectivity index (χ2v) is 12.5. The molecule has 240 valence electrons. The zero-order valence-electron chi connectivity index (χ0n) is 25.9. The fraction of sp³-hybridized carbons (Fsp3) is 0.135. The SMILES string of the molecule is COC(=O)c1cc(N(Cc2ccc(OC)cc2)C(=O)CNS(=O)(=O)c2ccc(-c3ccccc3)c(Cc3ccccc3)c2)ccc1O. The number of phenols is 1. The van der Waals surface area contributed by atoms with E-state index in [1.165, 1.54) is 36.3 Å². The molecule has 0 unspecified atom stereocenters. The molecular weight excluding hydrogens is 616 g/mol. The molecule has 9 nitrogen and oxygen atoms in total. The van der Waals surface area contributed by atoms with Crippen LogP contribution in [-0.2, 0) is 32.5 Å². The molecule has 5 aromatic rings. The van der Waals surface area contributed by atoms with E-state index in [1.807, 2.05) is 60.7 Å². The van der Waals surface area contributed by atoms with E-state index < -0.39 is 28.4 Å². The molecular formula is C37H34N2O7S. The van der Waals surface area contributed by atoms with Crippen LogP contribution in [0.4, 0.5) is 5.69 Å². The maximum Gasteiger partial charge on any atom is 0.341 e. The Labute approximate surface area is 274 Å². The van der Waals surface area contributed by atoms with Crippen LogP contribution in [-0.4, -0.2) is 46.2 Å². The number of hydrogen-bond acceptors (Lipinski definition) is 7. The van der Waals surface area contributed by atoms with Gasteiger partial charge < -0.3 is 19.5 Å². The van der Waals surface area contributed by atoms with Gasteiger partial charge in [0.1, 0.15) is 17.1 Å². The smallest absolute Gasteiger partial charge is 0.341 e. The molecule has 0 spiro atoms. The Morgan fingerprint density at radius 3 is 2.13 bits per heavy atom. The molecule has 0 aromatic heterocycles. The maximum absolute atomic E-state index is 13.7. The van der Waals surface area contributed by atoms with Crippen LogP contribution in [0.25, 0.3) is 11.1 Å². The third-order valence-corrected chi connectivity index (χ3v) is 9.02. The number of carbonyl (C=O) groups excluding carboxylic acids is 2. The Morgan fingerprint density at radius 1 is 0.787 bits per heavy atom. The van der Waals surface area contributed by atoms with Crippen molar-refractivity contribution in [2.75, 3.05) is 25.7 Å². The van der Waals surface area contributed by atoms with E-state index in [9.17, 15) is 23.1 Å². The number of amides is 1. The van der Waals surface area contributed by atoms with Gasteiger partial charge in [-0.3, -0.25) is 4.79 Å². The van der Waals surface area contributed by atoms with E-state index in [1.54, 1.807) is 43.5 Å². The number of phenolic OH excluding ortho intramolecular Hbond substituents is 1. The van der Waals surface area contributed by atoms with Crippen LogP contribution in [0.1, 0.15) is 27.0 Å². The average Bonchev–Trinajstić information content (AvgIpc) is 3.10. The average molecular weight is 651 g/mol. The number of rotatable bonds is 12. The van der Waals surface area contributed by atoms with Crippen LogP contribution >= 0.6 is 0 Å². The third kappa shape index (κ3) is 8.04. The van der Waals surface area contributed by atoms with Gasteiger partial charge in [-0.25, -0.2) is 17.9 Å².